The van der Waals surface area contributed by atoms with Gasteiger partial charge < -0.3 is 5.73 Å². The fraction of sp³-hybridized carbons (Fsp3) is 1.00. The molecule has 0 aromatic rings. The van der Waals surface area contributed by atoms with Crippen molar-refractivity contribution in [2.75, 3.05) is 20.1 Å². The second kappa shape index (κ2) is 5.05. The Labute approximate surface area is 101 Å². The molecule has 0 radical (unpaired) electrons. The van der Waals surface area contributed by atoms with Crippen molar-refractivity contribution >= 4 is 0 Å². The Morgan fingerprint density at radius 3 is 2.50 bits per heavy atom. The molecule has 2 rings (SSSR count). The van der Waals surface area contributed by atoms with E-state index in [1.807, 2.05) is 0 Å². The summed E-state index contributed by atoms with van der Waals surface area (Å²) in [6.07, 6.45) is 9.74. The van der Waals surface area contributed by atoms with Gasteiger partial charge in [0.05, 0.1) is 0 Å². The van der Waals surface area contributed by atoms with E-state index in [1.54, 1.807) is 0 Å². The molecular formula is C14H28N2. The average Bonchev–Trinajstić information content (AvgIpc) is 2.67. The molecular weight excluding hydrogens is 196 g/mol. The molecule has 2 nitrogen and oxygen atoms in total. The molecule has 0 bridgehead atoms. The third kappa shape index (κ3) is 2.02. The summed E-state index contributed by atoms with van der Waals surface area (Å²) < 4.78 is 0. The van der Waals surface area contributed by atoms with Crippen LogP contribution in [0.2, 0.25) is 0 Å². The minimum Gasteiger partial charge on any atom is -0.329 e. The number of likely N-dealkylation sites (N-methyl/N-ethyl adjacent to an activating group) is 1. The van der Waals surface area contributed by atoms with E-state index in [0.29, 0.717) is 5.54 Å². The standard InChI is InChI=1S/C14H28N2/c1-3-13-8-5-9-14(13,11-15)16(2)10-12-6-4-7-12/h12-13H,3-11,15H2,1-2H3. The quantitative estimate of drug-likeness (QED) is 0.778. The van der Waals surface area contributed by atoms with Crippen molar-refractivity contribution in [3.63, 3.8) is 0 Å². The van der Waals surface area contributed by atoms with Crippen LogP contribution in [0.25, 0.3) is 0 Å². The van der Waals surface area contributed by atoms with Crippen molar-refractivity contribution < 1.29 is 0 Å². The van der Waals surface area contributed by atoms with Gasteiger partial charge >= 0.3 is 0 Å². The zero-order chi connectivity index (χ0) is 11.6. The molecule has 0 aromatic carbocycles. The van der Waals surface area contributed by atoms with Crippen molar-refractivity contribution in [1.29, 1.82) is 0 Å². The SMILES string of the molecule is CCC1CCCC1(CN)N(C)CC1CCC1. The molecule has 2 saturated carbocycles. The Bertz CT molecular complexity index is 225. The van der Waals surface area contributed by atoms with Crippen LogP contribution < -0.4 is 5.73 Å². The molecule has 2 atom stereocenters. The molecule has 0 saturated heterocycles. The first kappa shape index (κ1) is 12.4. The Hall–Kier alpha value is -0.0800. The fourth-order valence-corrected chi connectivity index (χ4v) is 3.88. The predicted molar refractivity (Wildman–Crippen MR) is 69.4 cm³/mol. The van der Waals surface area contributed by atoms with Crippen LogP contribution in [0.3, 0.4) is 0 Å². The van der Waals surface area contributed by atoms with Gasteiger partial charge in [0.1, 0.15) is 0 Å². The molecule has 2 N–H and O–H groups in total. The Kier molecular flexibility index (Phi) is 3.91. The van der Waals surface area contributed by atoms with Gasteiger partial charge in [-0.25, -0.2) is 0 Å². The third-order valence-corrected chi connectivity index (χ3v) is 5.29. The summed E-state index contributed by atoms with van der Waals surface area (Å²) in [6, 6.07) is 0. The molecule has 2 heteroatoms. The Balaban J connectivity index is 2.00. The highest BCUT2D eigenvalue weighted by atomic mass is 15.2. The highest BCUT2D eigenvalue weighted by Gasteiger charge is 2.44. The van der Waals surface area contributed by atoms with Crippen LogP contribution in [-0.2, 0) is 0 Å². The third-order valence-electron chi connectivity index (χ3n) is 5.29. The topological polar surface area (TPSA) is 29.3 Å². The van der Waals surface area contributed by atoms with Crippen LogP contribution in [0.4, 0.5) is 0 Å². The van der Waals surface area contributed by atoms with Crippen LogP contribution in [0.15, 0.2) is 0 Å². The van der Waals surface area contributed by atoms with Gasteiger partial charge in [0.15, 0.2) is 0 Å². The normalized spacial score (nSPS) is 35.6. The number of nitrogens with two attached hydrogens (primary N) is 1. The van der Waals surface area contributed by atoms with E-state index in [4.69, 9.17) is 5.73 Å². The molecule has 2 fully saturated rings. The summed E-state index contributed by atoms with van der Waals surface area (Å²) in [5.41, 5.74) is 6.47. The smallest absolute Gasteiger partial charge is 0.0356 e. The predicted octanol–water partition coefficient (Wildman–Crippen LogP) is 2.63. The van der Waals surface area contributed by atoms with Crippen LogP contribution in [-0.4, -0.2) is 30.6 Å². The molecule has 0 amide bonds. The molecule has 0 aromatic heterocycles. The molecule has 94 valence electrons. The maximum Gasteiger partial charge on any atom is 0.0356 e. The van der Waals surface area contributed by atoms with Gasteiger partial charge in [0, 0.05) is 18.6 Å². The van der Waals surface area contributed by atoms with Crippen molar-refractivity contribution in [3.05, 3.63) is 0 Å². The summed E-state index contributed by atoms with van der Waals surface area (Å²) in [7, 11) is 2.32. The first-order valence-corrected chi connectivity index (χ1v) is 7.14. The Morgan fingerprint density at radius 2 is 2.00 bits per heavy atom. The summed E-state index contributed by atoms with van der Waals surface area (Å²) in [6.45, 7) is 4.47. The molecule has 16 heavy (non-hydrogen) atoms. The molecule has 2 unspecified atom stereocenters. The molecule has 0 spiro atoms. The van der Waals surface area contributed by atoms with Crippen molar-refractivity contribution in [2.24, 2.45) is 17.6 Å². The zero-order valence-corrected chi connectivity index (χ0v) is 11.0. The summed E-state index contributed by atoms with van der Waals surface area (Å²) >= 11 is 0. The maximum atomic E-state index is 6.13. The van der Waals surface area contributed by atoms with Crippen molar-refractivity contribution in [1.82, 2.24) is 4.90 Å². The van der Waals surface area contributed by atoms with Crippen molar-refractivity contribution in [2.45, 2.75) is 57.4 Å². The number of rotatable bonds is 5. The summed E-state index contributed by atoms with van der Waals surface area (Å²) in [5, 5.41) is 0. The zero-order valence-electron chi connectivity index (χ0n) is 11.0. The minimum atomic E-state index is 0.338. The van der Waals surface area contributed by atoms with E-state index in [2.05, 4.69) is 18.9 Å². The summed E-state index contributed by atoms with van der Waals surface area (Å²) in [4.78, 5) is 2.62. The second-order valence-corrected chi connectivity index (χ2v) is 5.98. The highest BCUT2D eigenvalue weighted by molar-refractivity contribution is 5.01. The van der Waals surface area contributed by atoms with Crippen LogP contribution >= 0.6 is 0 Å². The molecule has 0 aliphatic heterocycles. The largest absolute Gasteiger partial charge is 0.329 e. The lowest BCUT2D eigenvalue weighted by Crippen LogP contribution is -2.56. The van der Waals surface area contributed by atoms with Gasteiger partial charge in [-0.05, 0) is 44.6 Å². The summed E-state index contributed by atoms with van der Waals surface area (Å²) in [5.74, 6) is 1.80. The van der Waals surface area contributed by atoms with Gasteiger partial charge in [-0.2, -0.15) is 0 Å². The van der Waals surface area contributed by atoms with Gasteiger partial charge in [-0.3, -0.25) is 4.90 Å². The van der Waals surface area contributed by atoms with Gasteiger partial charge in [-0.15, -0.1) is 0 Å². The minimum absolute atomic E-state index is 0.338. The van der Waals surface area contributed by atoms with E-state index in [0.717, 1.165) is 18.4 Å². The van der Waals surface area contributed by atoms with Crippen LogP contribution in [0.1, 0.15) is 51.9 Å². The molecule has 0 heterocycles. The van der Waals surface area contributed by atoms with E-state index in [1.165, 1.54) is 51.5 Å². The van der Waals surface area contributed by atoms with Gasteiger partial charge in [0.25, 0.3) is 0 Å². The van der Waals surface area contributed by atoms with E-state index < -0.39 is 0 Å². The highest BCUT2D eigenvalue weighted by Crippen LogP contribution is 2.42. The van der Waals surface area contributed by atoms with Crippen LogP contribution in [0.5, 0.6) is 0 Å². The number of hydrogen-bond donors (Lipinski definition) is 1. The number of nitrogens with zero attached hydrogens (tertiary/aromatic N) is 1. The fourth-order valence-electron chi connectivity index (χ4n) is 3.88. The van der Waals surface area contributed by atoms with Crippen molar-refractivity contribution in [3.8, 4) is 0 Å². The lowest BCUT2D eigenvalue weighted by Gasteiger charge is -2.45. The monoisotopic (exact) mass is 224 g/mol. The van der Waals surface area contributed by atoms with Gasteiger partial charge in [-0.1, -0.05) is 26.2 Å². The Morgan fingerprint density at radius 1 is 1.25 bits per heavy atom. The average molecular weight is 224 g/mol. The molecule has 2 aliphatic rings. The lowest BCUT2D eigenvalue weighted by molar-refractivity contribution is 0.0521. The van der Waals surface area contributed by atoms with E-state index >= 15 is 0 Å². The molecule has 2 aliphatic carbocycles. The second-order valence-electron chi connectivity index (χ2n) is 5.98. The maximum absolute atomic E-state index is 6.13. The van der Waals surface area contributed by atoms with Gasteiger partial charge in [0.2, 0.25) is 0 Å². The van der Waals surface area contributed by atoms with E-state index in [-0.39, 0.29) is 0 Å². The first-order valence-electron chi connectivity index (χ1n) is 7.14. The van der Waals surface area contributed by atoms with E-state index in [9.17, 15) is 0 Å². The lowest BCUT2D eigenvalue weighted by atomic mass is 9.80. The first-order chi connectivity index (χ1) is 7.73. The van der Waals surface area contributed by atoms with Crippen LogP contribution in [0, 0.1) is 11.8 Å². The number of hydrogen-bond acceptors (Lipinski definition) is 2.